The van der Waals surface area contributed by atoms with E-state index in [9.17, 15) is 9.90 Å². The molecule has 1 aromatic carbocycles. The number of rotatable bonds is 9. The van der Waals surface area contributed by atoms with Gasteiger partial charge in [0.2, 0.25) is 5.91 Å². The van der Waals surface area contributed by atoms with E-state index in [0.29, 0.717) is 5.57 Å². The molecule has 3 nitrogen and oxygen atoms in total. The highest BCUT2D eigenvalue weighted by molar-refractivity contribution is 5.97. The van der Waals surface area contributed by atoms with Crippen LogP contribution in [0, 0.1) is 0 Å². The molecule has 116 valence electrons. The molecule has 21 heavy (non-hydrogen) atoms. The van der Waals surface area contributed by atoms with E-state index in [2.05, 4.69) is 12.2 Å². The first-order valence-corrected chi connectivity index (χ1v) is 7.89. The van der Waals surface area contributed by atoms with Gasteiger partial charge in [0.25, 0.3) is 0 Å². The van der Waals surface area contributed by atoms with Gasteiger partial charge in [-0.25, -0.2) is 0 Å². The Morgan fingerprint density at radius 3 is 2.38 bits per heavy atom. The van der Waals surface area contributed by atoms with E-state index in [1.807, 2.05) is 13.0 Å². The number of carbonyl (C=O) groups is 1. The van der Waals surface area contributed by atoms with E-state index < -0.39 is 0 Å². The van der Waals surface area contributed by atoms with Gasteiger partial charge in [-0.1, -0.05) is 51.2 Å². The highest BCUT2D eigenvalue weighted by atomic mass is 16.3. The summed E-state index contributed by atoms with van der Waals surface area (Å²) in [6.07, 6.45) is 9.17. The Labute approximate surface area is 128 Å². The summed E-state index contributed by atoms with van der Waals surface area (Å²) in [5.41, 5.74) is 1.60. The average Bonchev–Trinajstić information content (AvgIpc) is 2.48. The molecule has 0 fully saturated rings. The minimum absolute atomic E-state index is 0.0170. The van der Waals surface area contributed by atoms with E-state index in [0.717, 1.165) is 18.5 Å². The number of hydrogen-bond acceptors (Lipinski definition) is 2. The van der Waals surface area contributed by atoms with E-state index in [-0.39, 0.29) is 11.7 Å². The molecule has 0 bridgehead atoms. The molecule has 1 aromatic rings. The van der Waals surface area contributed by atoms with Crippen LogP contribution in [-0.2, 0) is 4.79 Å². The summed E-state index contributed by atoms with van der Waals surface area (Å²) in [7, 11) is 0. The van der Waals surface area contributed by atoms with Crippen molar-refractivity contribution in [2.75, 3.05) is 6.54 Å². The second-order valence-electron chi connectivity index (χ2n) is 5.44. The Morgan fingerprint density at radius 1 is 1.10 bits per heavy atom. The minimum atomic E-state index is -0.0170. The lowest BCUT2D eigenvalue weighted by atomic mass is 10.1. The quantitative estimate of drug-likeness (QED) is 0.527. The summed E-state index contributed by atoms with van der Waals surface area (Å²) in [5, 5.41) is 12.2. The molecule has 2 N–H and O–H groups in total. The molecule has 0 saturated heterocycles. The average molecular weight is 289 g/mol. The fraction of sp³-hybridized carbons (Fsp3) is 0.500. The number of benzene rings is 1. The lowest BCUT2D eigenvalue weighted by Gasteiger charge is -2.06. The van der Waals surface area contributed by atoms with Crippen molar-refractivity contribution in [3.8, 4) is 5.75 Å². The van der Waals surface area contributed by atoms with Gasteiger partial charge in [0.05, 0.1) is 0 Å². The first kappa shape index (κ1) is 17.3. The zero-order valence-corrected chi connectivity index (χ0v) is 13.2. The summed E-state index contributed by atoms with van der Waals surface area (Å²) in [4.78, 5) is 11.9. The Bertz CT molecular complexity index is 449. The first-order chi connectivity index (χ1) is 10.1. The number of phenolic OH excluding ortho intramolecular Hbond substituents is 1. The highest BCUT2D eigenvalue weighted by Crippen LogP contribution is 2.12. The third kappa shape index (κ3) is 7.54. The third-order valence-corrected chi connectivity index (χ3v) is 3.45. The summed E-state index contributed by atoms with van der Waals surface area (Å²) in [6.45, 7) is 4.76. The molecule has 0 aromatic heterocycles. The van der Waals surface area contributed by atoms with Crippen LogP contribution in [0.3, 0.4) is 0 Å². The van der Waals surface area contributed by atoms with Gasteiger partial charge in [-0.05, 0) is 37.1 Å². The van der Waals surface area contributed by atoms with Crippen molar-refractivity contribution in [3.63, 3.8) is 0 Å². The van der Waals surface area contributed by atoms with Gasteiger partial charge in [0.15, 0.2) is 0 Å². The molecular formula is C18H27NO2. The first-order valence-electron chi connectivity index (χ1n) is 7.89. The third-order valence-electron chi connectivity index (χ3n) is 3.45. The number of nitrogens with one attached hydrogen (secondary N) is 1. The lowest BCUT2D eigenvalue weighted by Crippen LogP contribution is -2.24. The SMILES string of the molecule is CCCCCCCCNC(=O)/C(C)=C/c1ccc(O)cc1. The molecule has 0 atom stereocenters. The highest BCUT2D eigenvalue weighted by Gasteiger charge is 2.03. The van der Waals surface area contributed by atoms with Gasteiger partial charge in [-0.3, -0.25) is 4.79 Å². The zero-order valence-electron chi connectivity index (χ0n) is 13.2. The van der Waals surface area contributed by atoms with Crippen LogP contribution in [0.1, 0.15) is 57.9 Å². The van der Waals surface area contributed by atoms with Crippen molar-refractivity contribution in [2.24, 2.45) is 0 Å². The monoisotopic (exact) mass is 289 g/mol. The molecule has 0 unspecified atom stereocenters. The number of hydrogen-bond donors (Lipinski definition) is 2. The molecule has 0 aliphatic rings. The molecule has 0 aliphatic carbocycles. The van der Waals surface area contributed by atoms with Gasteiger partial charge < -0.3 is 10.4 Å². The second kappa shape index (κ2) is 10.0. The molecule has 0 spiro atoms. The van der Waals surface area contributed by atoms with Crippen LogP contribution in [0.5, 0.6) is 5.75 Å². The van der Waals surface area contributed by atoms with Crippen molar-refractivity contribution in [1.82, 2.24) is 5.32 Å². The predicted octanol–water partition coefficient (Wildman–Crippen LogP) is 4.27. The van der Waals surface area contributed by atoms with Crippen LogP contribution in [0.15, 0.2) is 29.8 Å². The largest absolute Gasteiger partial charge is 0.508 e. The maximum absolute atomic E-state index is 11.9. The lowest BCUT2D eigenvalue weighted by molar-refractivity contribution is -0.117. The van der Waals surface area contributed by atoms with Crippen molar-refractivity contribution in [2.45, 2.75) is 52.4 Å². The number of aromatic hydroxyl groups is 1. The normalized spacial score (nSPS) is 11.4. The van der Waals surface area contributed by atoms with Crippen LogP contribution in [0.25, 0.3) is 6.08 Å². The molecule has 0 heterocycles. The van der Waals surface area contributed by atoms with Crippen molar-refractivity contribution < 1.29 is 9.90 Å². The van der Waals surface area contributed by atoms with Crippen molar-refractivity contribution >= 4 is 12.0 Å². The van der Waals surface area contributed by atoms with Crippen molar-refractivity contribution in [1.29, 1.82) is 0 Å². The maximum Gasteiger partial charge on any atom is 0.246 e. The second-order valence-corrected chi connectivity index (χ2v) is 5.44. The number of unbranched alkanes of at least 4 members (excludes halogenated alkanes) is 5. The van der Waals surface area contributed by atoms with Gasteiger partial charge >= 0.3 is 0 Å². The topological polar surface area (TPSA) is 49.3 Å². The summed E-state index contributed by atoms with van der Waals surface area (Å²) < 4.78 is 0. The van der Waals surface area contributed by atoms with Crippen LogP contribution in [-0.4, -0.2) is 17.6 Å². The van der Waals surface area contributed by atoms with E-state index in [1.54, 1.807) is 24.3 Å². The Hall–Kier alpha value is -1.77. The fourth-order valence-corrected chi connectivity index (χ4v) is 2.13. The van der Waals surface area contributed by atoms with Crippen LogP contribution in [0.4, 0.5) is 0 Å². The fourth-order valence-electron chi connectivity index (χ4n) is 2.13. The van der Waals surface area contributed by atoms with E-state index >= 15 is 0 Å². The van der Waals surface area contributed by atoms with Gasteiger partial charge in [-0.2, -0.15) is 0 Å². The summed E-state index contributed by atoms with van der Waals surface area (Å²) >= 11 is 0. The number of phenols is 1. The Kier molecular flexibility index (Phi) is 8.25. The Balaban J connectivity index is 2.26. The standard InChI is InChI=1S/C18H27NO2/c1-3-4-5-6-7-8-13-19-18(21)15(2)14-16-9-11-17(20)12-10-16/h9-12,14,20H,3-8,13H2,1-2H3,(H,19,21)/b15-14+. The summed E-state index contributed by atoms with van der Waals surface area (Å²) in [6, 6.07) is 6.82. The molecule has 1 rings (SSSR count). The molecule has 3 heteroatoms. The van der Waals surface area contributed by atoms with Gasteiger partial charge in [0.1, 0.15) is 5.75 Å². The Morgan fingerprint density at radius 2 is 1.71 bits per heavy atom. The molecule has 0 radical (unpaired) electrons. The number of carbonyl (C=O) groups excluding carboxylic acids is 1. The van der Waals surface area contributed by atoms with E-state index in [1.165, 1.54) is 32.1 Å². The van der Waals surface area contributed by atoms with E-state index in [4.69, 9.17) is 0 Å². The molecule has 0 aliphatic heterocycles. The van der Waals surface area contributed by atoms with Gasteiger partial charge in [-0.15, -0.1) is 0 Å². The zero-order chi connectivity index (χ0) is 15.5. The van der Waals surface area contributed by atoms with Crippen LogP contribution < -0.4 is 5.32 Å². The van der Waals surface area contributed by atoms with Crippen LogP contribution >= 0.6 is 0 Å². The molecule has 0 saturated carbocycles. The van der Waals surface area contributed by atoms with Gasteiger partial charge in [0, 0.05) is 12.1 Å². The molecule has 1 amide bonds. The van der Waals surface area contributed by atoms with Crippen molar-refractivity contribution in [3.05, 3.63) is 35.4 Å². The minimum Gasteiger partial charge on any atom is -0.508 e. The number of amides is 1. The summed E-state index contributed by atoms with van der Waals surface area (Å²) in [5.74, 6) is 0.217. The van der Waals surface area contributed by atoms with Crippen LogP contribution in [0.2, 0.25) is 0 Å². The predicted molar refractivity (Wildman–Crippen MR) is 88.1 cm³/mol. The smallest absolute Gasteiger partial charge is 0.246 e. The molecular weight excluding hydrogens is 262 g/mol. The maximum atomic E-state index is 11.9.